The molecule has 0 aromatic heterocycles. The largest absolute Gasteiger partial charge is 0.497 e. The van der Waals surface area contributed by atoms with Crippen molar-refractivity contribution in [2.45, 2.75) is 6.92 Å². The van der Waals surface area contributed by atoms with Gasteiger partial charge in [-0.15, -0.1) is 0 Å². The Hall–Kier alpha value is -1.66. The van der Waals surface area contributed by atoms with Gasteiger partial charge in [-0.05, 0) is 13.0 Å². The van der Waals surface area contributed by atoms with Gasteiger partial charge in [-0.3, -0.25) is 10.1 Å². The lowest BCUT2D eigenvalue weighted by atomic mass is 10.3. The average Bonchev–Trinajstić information content (AvgIpc) is 2.19. The lowest BCUT2D eigenvalue weighted by molar-refractivity contribution is -0.384. The van der Waals surface area contributed by atoms with E-state index >= 15 is 0 Å². The molecule has 0 heterocycles. The van der Waals surface area contributed by atoms with Gasteiger partial charge in [0.25, 0.3) is 5.69 Å². The molecule has 1 aromatic carbocycles. The van der Waals surface area contributed by atoms with Crippen molar-refractivity contribution in [2.75, 3.05) is 13.7 Å². The number of hydrogen-bond donors (Lipinski definition) is 2. The topological polar surface area (TPSA) is 108 Å². The maximum atomic E-state index is 10.2. The Morgan fingerprint density at radius 3 is 2.47 bits per heavy atom. The van der Waals surface area contributed by atoms with E-state index in [4.69, 9.17) is 9.84 Å². The van der Waals surface area contributed by atoms with E-state index in [1.165, 1.54) is 19.2 Å². The highest BCUT2D eigenvalue weighted by Crippen LogP contribution is 2.17. The summed E-state index contributed by atoms with van der Waals surface area (Å²) >= 11 is 0. The Morgan fingerprint density at radius 2 is 2.07 bits per heavy atom. The Balaban J connectivity index is 0. The van der Waals surface area contributed by atoms with Gasteiger partial charge in [0.05, 0.1) is 18.1 Å². The van der Waals surface area contributed by atoms with E-state index in [0.717, 1.165) is 0 Å². The molecule has 6 nitrogen and oxygen atoms in total. The van der Waals surface area contributed by atoms with Crippen molar-refractivity contribution in [3.8, 4) is 5.75 Å². The molecule has 0 aliphatic carbocycles. The molecular formula is C9H16N2O4. The van der Waals surface area contributed by atoms with Gasteiger partial charge < -0.3 is 16.0 Å². The van der Waals surface area contributed by atoms with Crippen LogP contribution in [0.3, 0.4) is 0 Å². The summed E-state index contributed by atoms with van der Waals surface area (Å²) in [6, 6.07) is 6.03. The highest BCUT2D eigenvalue weighted by atomic mass is 16.6. The zero-order valence-corrected chi connectivity index (χ0v) is 8.84. The summed E-state index contributed by atoms with van der Waals surface area (Å²) in [5.41, 5.74) is 0.0457. The summed E-state index contributed by atoms with van der Waals surface area (Å²) < 4.78 is 4.80. The van der Waals surface area contributed by atoms with Crippen molar-refractivity contribution >= 4 is 5.69 Å². The third-order valence-corrected chi connectivity index (χ3v) is 1.26. The summed E-state index contributed by atoms with van der Waals surface area (Å²) in [6.07, 6.45) is 0. The first-order chi connectivity index (χ1) is 6.65. The summed E-state index contributed by atoms with van der Waals surface area (Å²) in [7, 11) is 1.47. The van der Waals surface area contributed by atoms with Crippen LogP contribution in [0.2, 0.25) is 0 Å². The van der Waals surface area contributed by atoms with Crippen LogP contribution in [-0.4, -0.2) is 23.7 Å². The summed E-state index contributed by atoms with van der Waals surface area (Å²) in [4.78, 5) is 9.76. The van der Waals surface area contributed by atoms with E-state index in [1.54, 1.807) is 19.1 Å². The normalized spacial score (nSPS) is 7.93. The van der Waals surface area contributed by atoms with Gasteiger partial charge in [-0.1, -0.05) is 6.07 Å². The van der Waals surface area contributed by atoms with Crippen LogP contribution < -0.4 is 10.9 Å². The van der Waals surface area contributed by atoms with E-state index in [-0.39, 0.29) is 18.4 Å². The molecule has 1 rings (SSSR count). The van der Waals surface area contributed by atoms with E-state index in [2.05, 4.69) is 0 Å². The molecule has 0 fully saturated rings. The average molecular weight is 216 g/mol. The van der Waals surface area contributed by atoms with Crippen molar-refractivity contribution in [3.63, 3.8) is 0 Å². The number of nitro groups is 1. The Bertz CT molecular complexity index is 291. The predicted molar refractivity (Wildman–Crippen MR) is 57.4 cm³/mol. The van der Waals surface area contributed by atoms with Gasteiger partial charge >= 0.3 is 0 Å². The Morgan fingerprint density at radius 1 is 1.53 bits per heavy atom. The highest BCUT2D eigenvalue weighted by molar-refractivity contribution is 5.37. The van der Waals surface area contributed by atoms with E-state index in [0.29, 0.717) is 5.75 Å². The number of ether oxygens (including phenoxy) is 1. The molecule has 0 amide bonds. The lowest BCUT2D eigenvalue weighted by Gasteiger charge is -1.96. The van der Waals surface area contributed by atoms with Gasteiger partial charge in [0, 0.05) is 12.7 Å². The van der Waals surface area contributed by atoms with E-state index in [9.17, 15) is 10.1 Å². The van der Waals surface area contributed by atoms with Gasteiger partial charge in [0.15, 0.2) is 0 Å². The van der Waals surface area contributed by atoms with Gasteiger partial charge in [-0.2, -0.15) is 0 Å². The second-order valence-corrected chi connectivity index (χ2v) is 2.27. The van der Waals surface area contributed by atoms with Gasteiger partial charge in [-0.25, -0.2) is 0 Å². The Labute approximate surface area is 88.2 Å². The number of rotatable bonds is 2. The first-order valence-corrected chi connectivity index (χ1v) is 4.05. The first-order valence-electron chi connectivity index (χ1n) is 4.05. The molecule has 0 radical (unpaired) electrons. The third kappa shape index (κ3) is 6.42. The van der Waals surface area contributed by atoms with Crippen LogP contribution in [0, 0.1) is 10.1 Å². The minimum atomic E-state index is -0.456. The highest BCUT2D eigenvalue weighted by Gasteiger charge is 2.04. The standard InChI is InChI=1S/C7H7NO3.C2H6O.H3N/c1-11-7-4-2-3-6(5-7)8(9)10;1-2-3;/h2-5H,1H3;3H,2H2,1H3;1H3. The fourth-order valence-electron chi connectivity index (χ4n) is 0.724. The molecule has 4 N–H and O–H groups in total. The van der Waals surface area contributed by atoms with Crippen molar-refractivity contribution in [1.82, 2.24) is 6.15 Å². The molecule has 0 saturated heterocycles. The van der Waals surface area contributed by atoms with Crippen LogP contribution in [0.1, 0.15) is 6.92 Å². The first kappa shape index (κ1) is 15.8. The molecule has 0 atom stereocenters. The zero-order valence-electron chi connectivity index (χ0n) is 8.84. The maximum absolute atomic E-state index is 10.2. The monoisotopic (exact) mass is 216 g/mol. The molecular weight excluding hydrogens is 200 g/mol. The molecule has 6 heteroatoms. The molecule has 0 bridgehead atoms. The van der Waals surface area contributed by atoms with Crippen LogP contribution in [0.5, 0.6) is 5.75 Å². The van der Waals surface area contributed by atoms with Crippen LogP contribution in [0.25, 0.3) is 0 Å². The quantitative estimate of drug-likeness (QED) is 0.578. The van der Waals surface area contributed by atoms with Gasteiger partial charge in [0.1, 0.15) is 5.75 Å². The maximum Gasteiger partial charge on any atom is 0.273 e. The summed E-state index contributed by atoms with van der Waals surface area (Å²) in [5.74, 6) is 0.499. The minimum Gasteiger partial charge on any atom is -0.497 e. The number of methoxy groups -OCH3 is 1. The van der Waals surface area contributed by atoms with Crippen LogP contribution in [0.15, 0.2) is 24.3 Å². The van der Waals surface area contributed by atoms with Crippen molar-refractivity contribution in [2.24, 2.45) is 0 Å². The molecule has 86 valence electrons. The molecule has 15 heavy (non-hydrogen) atoms. The summed E-state index contributed by atoms with van der Waals surface area (Å²) in [6.45, 7) is 1.93. The van der Waals surface area contributed by atoms with Crippen molar-refractivity contribution < 1.29 is 14.8 Å². The van der Waals surface area contributed by atoms with Crippen LogP contribution in [-0.2, 0) is 0 Å². The predicted octanol–water partition coefficient (Wildman–Crippen LogP) is 1.76. The SMILES string of the molecule is CCO.COc1cccc([N+](=O)[O-])c1.N. The number of nitrogens with zero attached hydrogens (tertiary/aromatic N) is 1. The number of nitro benzene ring substituents is 1. The van der Waals surface area contributed by atoms with E-state index in [1.807, 2.05) is 0 Å². The second kappa shape index (κ2) is 8.92. The van der Waals surface area contributed by atoms with Gasteiger partial charge in [0.2, 0.25) is 0 Å². The number of aliphatic hydroxyl groups is 1. The zero-order chi connectivity index (χ0) is 11.0. The number of non-ortho nitro benzene ring substituents is 1. The molecule has 0 spiro atoms. The second-order valence-electron chi connectivity index (χ2n) is 2.27. The lowest BCUT2D eigenvalue weighted by Crippen LogP contribution is -1.88. The van der Waals surface area contributed by atoms with Crippen molar-refractivity contribution in [1.29, 1.82) is 0 Å². The molecule has 0 saturated carbocycles. The number of hydrogen-bond acceptors (Lipinski definition) is 5. The molecule has 1 aromatic rings. The fourth-order valence-corrected chi connectivity index (χ4v) is 0.724. The van der Waals surface area contributed by atoms with Crippen molar-refractivity contribution in [3.05, 3.63) is 34.4 Å². The van der Waals surface area contributed by atoms with Crippen LogP contribution in [0.4, 0.5) is 5.69 Å². The molecule has 0 unspecified atom stereocenters. The fraction of sp³-hybridized carbons (Fsp3) is 0.333. The van der Waals surface area contributed by atoms with E-state index < -0.39 is 4.92 Å². The third-order valence-electron chi connectivity index (χ3n) is 1.26. The summed E-state index contributed by atoms with van der Waals surface area (Å²) in [5, 5.41) is 17.8. The number of aliphatic hydroxyl groups excluding tert-OH is 1. The molecule has 0 aliphatic rings. The van der Waals surface area contributed by atoms with Crippen LogP contribution >= 0.6 is 0 Å². The Kier molecular flexibility index (Phi) is 9.39. The number of benzene rings is 1. The smallest absolute Gasteiger partial charge is 0.273 e. The molecule has 0 aliphatic heterocycles. The minimum absolute atomic E-state index is 0.